The smallest absolute Gasteiger partial charge is 0.311 e. The van der Waals surface area contributed by atoms with Crippen LogP contribution in [0.1, 0.15) is 44.6 Å². The normalized spacial score (nSPS) is 28.0. The van der Waals surface area contributed by atoms with E-state index in [0.29, 0.717) is 19.0 Å². The van der Waals surface area contributed by atoms with Crippen molar-refractivity contribution >= 4 is 11.9 Å². The molecule has 0 aromatic heterocycles. The molecule has 23 heavy (non-hydrogen) atoms. The van der Waals surface area contributed by atoms with E-state index < -0.39 is 0 Å². The number of hydrogen-bond acceptors (Lipinski definition) is 3. The van der Waals surface area contributed by atoms with Crippen molar-refractivity contribution in [3.63, 3.8) is 0 Å². The van der Waals surface area contributed by atoms with Crippen molar-refractivity contribution in [2.75, 3.05) is 6.54 Å². The van der Waals surface area contributed by atoms with Crippen molar-refractivity contribution in [1.29, 1.82) is 0 Å². The Hall–Kier alpha value is -1.84. The van der Waals surface area contributed by atoms with Gasteiger partial charge in [-0.3, -0.25) is 9.59 Å². The van der Waals surface area contributed by atoms with E-state index in [1.807, 2.05) is 30.3 Å². The first kappa shape index (κ1) is 16.0. The number of esters is 1. The second-order valence-electron chi connectivity index (χ2n) is 6.99. The number of likely N-dealkylation sites (tertiary alicyclic amines) is 1. The highest BCUT2D eigenvalue weighted by Gasteiger charge is 2.36. The Kier molecular flexibility index (Phi) is 4.99. The van der Waals surface area contributed by atoms with Gasteiger partial charge in [0.05, 0.1) is 5.92 Å². The first-order valence-corrected chi connectivity index (χ1v) is 8.64. The van der Waals surface area contributed by atoms with E-state index in [1.54, 1.807) is 4.90 Å². The Balaban J connectivity index is 1.53. The fourth-order valence-corrected chi connectivity index (χ4v) is 3.63. The van der Waals surface area contributed by atoms with E-state index in [0.717, 1.165) is 24.8 Å². The zero-order valence-electron chi connectivity index (χ0n) is 13.7. The van der Waals surface area contributed by atoms with Gasteiger partial charge in [0, 0.05) is 19.5 Å². The SMILES string of the molecule is CC1CCCC(OC(=O)C2CC(=O)N(Cc3ccccc3)C2)C1. The number of benzene rings is 1. The molecule has 1 saturated heterocycles. The third-order valence-electron chi connectivity index (χ3n) is 4.94. The van der Waals surface area contributed by atoms with Crippen LogP contribution in [0.3, 0.4) is 0 Å². The van der Waals surface area contributed by atoms with Crippen LogP contribution in [0.2, 0.25) is 0 Å². The molecule has 0 bridgehead atoms. The molecule has 3 unspecified atom stereocenters. The highest BCUT2D eigenvalue weighted by Crippen LogP contribution is 2.28. The average Bonchev–Trinajstić information content (AvgIpc) is 2.89. The lowest BCUT2D eigenvalue weighted by atomic mass is 9.88. The standard InChI is InChI=1S/C19H25NO3/c1-14-6-5-9-17(10-14)23-19(22)16-11-18(21)20(13-16)12-15-7-3-2-4-8-15/h2-4,7-8,14,16-17H,5-6,9-13H2,1H3. The highest BCUT2D eigenvalue weighted by atomic mass is 16.5. The summed E-state index contributed by atoms with van der Waals surface area (Å²) in [5.74, 6) is 0.186. The zero-order valence-corrected chi connectivity index (χ0v) is 13.7. The molecule has 3 rings (SSSR count). The van der Waals surface area contributed by atoms with E-state index in [-0.39, 0.29) is 30.3 Å². The van der Waals surface area contributed by atoms with Crippen LogP contribution in [0.25, 0.3) is 0 Å². The molecular weight excluding hydrogens is 290 g/mol. The van der Waals surface area contributed by atoms with Gasteiger partial charge in [-0.2, -0.15) is 0 Å². The van der Waals surface area contributed by atoms with Crippen LogP contribution in [0.4, 0.5) is 0 Å². The van der Waals surface area contributed by atoms with Crippen LogP contribution in [0.5, 0.6) is 0 Å². The summed E-state index contributed by atoms with van der Waals surface area (Å²) < 4.78 is 5.67. The lowest BCUT2D eigenvalue weighted by Crippen LogP contribution is -2.30. The van der Waals surface area contributed by atoms with E-state index in [1.165, 1.54) is 6.42 Å². The summed E-state index contributed by atoms with van der Waals surface area (Å²) >= 11 is 0. The summed E-state index contributed by atoms with van der Waals surface area (Å²) in [7, 11) is 0. The maximum absolute atomic E-state index is 12.4. The molecule has 1 aromatic rings. The molecule has 1 aliphatic carbocycles. The average molecular weight is 315 g/mol. The third-order valence-corrected chi connectivity index (χ3v) is 4.94. The number of ether oxygens (including phenoxy) is 1. The van der Waals surface area contributed by atoms with Crippen molar-refractivity contribution in [1.82, 2.24) is 4.90 Å². The molecular formula is C19H25NO3. The van der Waals surface area contributed by atoms with Crippen LogP contribution >= 0.6 is 0 Å². The van der Waals surface area contributed by atoms with Crippen molar-refractivity contribution in [2.24, 2.45) is 11.8 Å². The number of hydrogen-bond donors (Lipinski definition) is 0. The molecule has 1 saturated carbocycles. The Morgan fingerprint density at radius 1 is 1.26 bits per heavy atom. The van der Waals surface area contributed by atoms with Crippen molar-refractivity contribution < 1.29 is 14.3 Å². The number of rotatable bonds is 4. The van der Waals surface area contributed by atoms with Gasteiger partial charge in [0.2, 0.25) is 5.91 Å². The Bertz CT molecular complexity index is 557. The molecule has 4 nitrogen and oxygen atoms in total. The van der Waals surface area contributed by atoms with E-state index in [4.69, 9.17) is 4.74 Å². The Labute approximate surface area is 137 Å². The second kappa shape index (κ2) is 7.16. The van der Waals surface area contributed by atoms with Crippen LogP contribution in [0, 0.1) is 11.8 Å². The zero-order chi connectivity index (χ0) is 16.2. The lowest BCUT2D eigenvalue weighted by Gasteiger charge is -2.27. The summed E-state index contributed by atoms with van der Waals surface area (Å²) in [4.78, 5) is 26.3. The van der Waals surface area contributed by atoms with Gasteiger partial charge in [-0.15, -0.1) is 0 Å². The largest absolute Gasteiger partial charge is 0.462 e. The fourth-order valence-electron chi connectivity index (χ4n) is 3.63. The van der Waals surface area contributed by atoms with E-state index in [9.17, 15) is 9.59 Å². The number of amides is 1. The lowest BCUT2D eigenvalue weighted by molar-refractivity contribution is -0.156. The molecule has 0 N–H and O–H groups in total. The van der Waals surface area contributed by atoms with Gasteiger partial charge in [0.15, 0.2) is 0 Å². The molecule has 1 heterocycles. The minimum absolute atomic E-state index is 0.0459. The van der Waals surface area contributed by atoms with Crippen LogP contribution < -0.4 is 0 Å². The quantitative estimate of drug-likeness (QED) is 0.802. The van der Waals surface area contributed by atoms with Gasteiger partial charge in [0.25, 0.3) is 0 Å². The first-order chi connectivity index (χ1) is 11.1. The van der Waals surface area contributed by atoms with E-state index >= 15 is 0 Å². The van der Waals surface area contributed by atoms with Crippen molar-refractivity contribution in [3.05, 3.63) is 35.9 Å². The monoisotopic (exact) mass is 315 g/mol. The molecule has 1 amide bonds. The number of carbonyl (C=O) groups excluding carboxylic acids is 2. The molecule has 3 atom stereocenters. The van der Waals surface area contributed by atoms with Gasteiger partial charge < -0.3 is 9.64 Å². The van der Waals surface area contributed by atoms with Gasteiger partial charge >= 0.3 is 5.97 Å². The Morgan fingerprint density at radius 3 is 2.78 bits per heavy atom. The van der Waals surface area contributed by atoms with Crippen molar-refractivity contribution in [3.8, 4) is 0 Å². The summed E-state index contributed by atoms with van der Waals surface area (Å²) in [6, 6.07) is 9.89. The van der Waals surface area contributed by atoms with Gasteiger partial charge in [-0.25, -0.2) is 0 Å². The third kappa shape index (κ3) is 4.12. The maximum atomic E-state index is 12.4. The molecule has 0 radical (unpaired) electrons. The second-order valence-corrected chi connectivity index (χ2v) is 6.99. The predicted octanol–water partition coefficient (Wildman–Crippen LogP) is 3.16. The fraction of sp³-hybridized carbons (Fsp3) is 0.579. The molecule has 124 valence electrons. The summed E-state index contributed by atoms with van der Waals surface area (Å²) in [5.41, 5.74) is 1.09. The molecule has 1 aromatic carbocycles. The minimum atomic E-state index is -0.302. The van der Waals surface area contributed by atoms with Gasteiger partial charge in [-0.1, -0.05) is 43.7 Å². The minimum Gasteiger partial charge on any atom is -0.462 e. The molecule has 4 heteroatoms. The molecule has 0 spiro atoms. The van der Waals surface area contributed by atoms with Crippen LogP contribution in [-0.4, -0.2) is 29.4 Å². The van der Waals surface area contributed by atoms with Gasteiger partial charge in [-0.05, 0) is 30.7 Å². The highest BCUT2D eigenvalue weighted by molar-refractivity contribution is 5.86. The number of carbonyl (C=O) groups is 2. The summed E-state index contributed by atoms with van der Waals surface area (Å²) in [6.45, 7) is 3.26. The molecule has 2 aliphatic rings. The molecule has 2 fully saturated rings. The van der Waals surface area contributed by atoms with E-state index in [2.05, 4.69) is 6.92 Å². The summed E-state index contributed by atoms with van der Waals surface area (Å²) in [6.07, 6.45) is 4.60. The van der Waals surface area contributed by atoms with Gasteiger partial charge in [0.1, 0.15) is 6.10 Å². The first-order valence-electron chi connectivity index (χ1n) is 8.64. The maximum Gasteiger partial charge on any atom is 0.311 e. The van der Waals surface area contributed by atoms with Crippen molar-refractivity contribution in [2.45, 2.75) is 51.7 Å². The topological polar surface area (TPSA) is 46.6 Å². The van der Waals surface area contributed by atoms with Crippen LogP contribution in [0.15, 0.2) is 30.3 Å². The number of nitrogens with zero attached hydrogens (tertiary/aromatic N) is 1. The Morgan fingerprint density at radius 2 is 2.04 bits per heavy atom. The van der Waals surface area contributed by atoms with Crippen LogP contribution in [-0.2, 0) is 20.9 Å². The predicted molar refractivity (Wildman–Crippen MR) is 87.5 cm³/mol. The molecule has 1 aliphatic heterocycles. The summed E-state index contributed by atoms with van der Waals surface area (Å²) in [5, 5.41) is 0.